The lowest BCUT2D eigenvalue weighted by Gasteiger charge is -2.07. The molecule has 27 heavy (non-hydrogen) atoms. The van der Waals surface area contributed by atoms with Crippen molar-refractivity contribution in [3.63, 3.8) is 0 Å². The van der Waals surface area contributed by atoms with E-state index in [0.717, 1.165) is 15.0 Å². The second-order valence-electron chi connectivity index (χ2n) is 5.53. The Balaban J connectivity index is 1.66. The molecule has 0 aliphatic heterocycles. The van der Waals surface area contributed by atoms with E-state index in [1.54, 1.807) is 12.5 Å². The molecule has 3 aromatic rings. The topological polar surface area (TPSA) is 48.4 Å². The summed E-state index contributed by atoms with van der Waals surface area (Å²) in [6.07, 6.45) is -0.234. The highest BCUT2D eigenvalue weighted by Gasteiger charge is 2.15. The fourth-order valence-corrected chi connectivity index (χ4v) is 3.81. The van der Waals surface area contributed by atoms with Crippen molar-refractivity contribution in [3.8, 4) is 16.3 Å². The maximum Gasteiger partial charge on any atom is 0.310 e. The molecule has 3 rings (SSSR count). The smallest absolute Gasteiger partial charge is 0.310 e. The van der Waals surface area contributed by atoms with Gasteiger partial charge in [-0.15, -0.1) is 11.3 Å². The van der Waals surface area contributed by atoms with Gasteiger partial charge in [0.1, 0.15) is 23.2 Å². The van der Waals surface area contributed by atoms with Crippen LogP contribution in [0.3, 0.4) is 0 Å². The van der Waals surface area contributed by atoms with Gasteiger partial charge in [-0.2, -0.15) is 0 Å². The quantitative estimate of drug-likeness (QED) is 0.436. The average Bonchev–Trinajstić information content (AvgIpc) is 3.12. The molecule has 0 atom stereocenters. The van der Waals surface area contributed by atoms with Crippen LogP contribution in [-0.2, 0) is 22.6 Å². The first-order valence-corrected chi connectivity index (χ1v) is 9.90. The van der Waals surface area contributed by atoms with E-state index in [2.05, 4.69) is 20.9 Å². The number of nitrogens with zero attached hydrogens (tertiary/aromatic N) is 1. The maximum absolute atomic E-state index is 13.8. The normalized spacial score (nSPS) is 10.7. The monoisotopic (exact) mass is 469 g/mol. The highest BCUT2D eigenvalue weighted by molar-refractivity contribution is 9.10. The number of hydrogen-bond donors (Lipinski definition) is 0. The van der Waals surface area contributed by atoms with Gasteiger partial charge in [0.2, 0.25) is 0 Å². The van der Waals surface area contributed by atoms with Crippen LogP contribution in [-0.4, -0.2) is 18.1 Å². The molecule has 0 fully saturated rings. The zero-order chi connectivity index (χ0) is 19.4. The minimum atomic E-state index is -0.573. The van der Waals surface area contributed by atoms with E-state index in [9.17, 15) is 9.18 Å². The van der Waals surface area contributed by atoms with E-state index >= 15 is 0 Å². The summed E-state index contributed by atoms with van der Waals surface area (Å²) in [5.41, 5.74) is 1.57. The molecule has 0 amide bonds. The Morgan fingerprint density at radius 3 is 2.89 bits per heavy atom. The molecule has 1 aromatic heterocycles. The second-order valence-corrected chi connectivity index (χ2v) is 7.71. The minimum Gasteiger partial charge on any atom is -0.496 e. The van der Waals surface area contributed by atoms with Crippen LogP contribution in [0.2, 0.25) is 5.02 Å². The van der Waals surface area contributed by atoms with Crippen LogP contribution in [0.1, 0.15) is 11.3 Å². The van der Waals surface area contributed by atoms with Gasteiger partial charge in [0, 0.05) is 20.4 Å². The number of benzene rings is 2. The second kappa shape index (κ2) is 8.82. The van der Waals surface area contributed by atoms with E-state index in [1.807, 2.05) is 18.2 Å². The third-order valence-corrected chi connectivity index (χ3v) is 5.48. The van der Waals surface area contributed by atoms with Crippen molar-refractivity contribution >= 4 is 44.8 Å². The van der Waals surface area contributed by atoms with Crippen molar-refractivity contribution in [1.29, 1.82) is 0 Å². The summed E-state index contributed by atoms with van der Waals surface area (Å²) >= 11 is 10.8. The molecular formula is C19H14BrClFNO3S. The van der Waals surface area contributed by atoms with Gasteiger partial charge in [-0.1, -0.05) is 33.6 Å². The minimum absolute atomic E-state index is 0.00226. The predicted octanol–water partition coefficient (Wildman–Crippen LogP) is 5.66. The molecule has 0 bridgehead atoms. The summed E-state index contributed by atoms with van der Waals surface area (Å²) in [4.78, 5) is 16.5. The summed E-state index contributed by atoms with van der Waals surface area (Å²) in [5, 5.41) is 2.75. The first-order chi connectivity index (χ1) is 13.0. The van der Waals surface area contributed by atoms with Crippen LogP contribution in [0.25, 0.3) is 10.6 Å². The van der Waals surface area contributed by atoms with Crippen molar-refractivity contribution in [2.75, 3.05) is 7.11 Å². The SMILES string of the molecule is COc1ccc(Br)cc1-c1nc(COC(=O)Cc2c(F)cccc2Cl)cs1. The fourth-order valence-electron chi connectivity index (χ4n) is 2.40. The van der Waals surface area contributed by atoms with Crippen LogP contribution < -0.4 is 4.74 Å². The molecule has 0 saturated heterocycles. The van der Waals surface area contributed by atoms with Gasteiger partial charge in [0.05, 0.1) is 24.8 Å². The Labute approximate surface area is 173 Å². The fraction of sp³-hybridized carbons (Fsp3) is 0.158. The number of aromatic nitrogens is 1. The van der Waals surface area contributed by atoms with Crippen LogP contribution in [0.15, 0.2) is 46.3 Å². The number of thiazole rings is 1. The van der Waals surface area contributed by atoms with E-state index in [1.165, 1.54) is 29.5 Å². The Morgan fingerprint density at radius 1 is 1.33 bits per heavy atom. The third-order valence-electron chi connectivity index (χ3n) is 3.71. The van der Waals surface area contributed by atoms with Crippen LogP contribution in [0.4, 0.5) is 4.39 Å². The standard InChI is InChI=1S/C19H14BrClFNO3S/c1-25-17-6-5-11(20)7-14(17)19-23-12(10-27-19)9-26-18(24)8-13-15(21)3-2-4-16(13)22/h2-7,10H,8-9H2,1H3. The Kier molecular flexibility index (Phi) is 6.46. The molecule has 140 valence electrons. The number of rotatable bonds is 6. The molecule has 0 N–H and O–H groups in total. The molecule has 0 spiro atoms. The maximum atomic E-state index is 13.8. The molecule has 0 aliphatic rings. The van der Waals surface area contributed by atoms with Crippen LogP contribution in [0, 0.1) is 5.82 Å². The average molecular weight is 471 g/mol. The molecule has 0 aliphatic carbocycles. The largest absolute Gasteiger partial charge is 0.496 e. The number of halogens is 3. The predicted molar refractivity (Wildman–Crippen MR) is 107 cm³/mol. The van der Waals surface area contributed by atoms with E-state index in [4.69, 9.17) is 21.1 Å². The van der Waals surface area contributed by atoms with Gasteiger partial charge >= 0.3 is 5.97 Å². The van der Waals surface area contributed by atoms with Crippen LogP contribution >= 0.6 is 38.9 Å². The van der Waals surface area contributed by atoms with Gasteiger partial charge in [-0.3, -0.25) is 4.79 Å². The molecule has 0 radical (unpaired) electrons. The van der Waals surface area contributed by atoms with E-state index in [-0.39, 0.29) is 23.6 Å². The first kappa shape index (κ1) is 19.8. The number of carbonyl (C=O) groups is 1. The van der Waals surface area contributed by atoms with E-state index < -0.39 is 11.8 Å². The zero-order valence-corrected chi connectivity index (χ0v) is 17.3. The Hall–Kier alpha value is -1.96. The number of methoxy groups -OCH3 is 1. The lowest BCUT2D eigenvalue weighted by molar-refractivity contribution is -0.144. The van der Waals surface area contributed by atoms with Crippen molar-refractivity contribution in [2.24, 2.45) is 0 Å². The Bertz CT molecular complexity index is 959. The van der Waals surface area contributed by atoms with Gasteiger partial charge in [-0.25, -0.2) is 9.37 Å². The molecular weight excluding hydrogens is 457 g/mol. The van der Waals surface area contributed by atoms with Gasteiger partial charge in [0.25, 0.3) is 0 Å². The molecule has 4 nitrogen and oxygen atoms in total. The van der Waals surface area contributed by atoms with Crippen LogP contribution in [0.5, 0.6) is 5.75 Å². The number of ether oxygens (including phenoxy) is 2. The number of esters is 1. The first-order valence-electron chi connectivity index (χ1n) is 7.84. The lowest BCUT2D eigenvalue weighted by atomic mass is 10.1. The van der Waals surface area contributed by atoms with Gasteiger partial charge < -0.3 is 9.47 Å². The van der Waals surface area contributed by atoms with E-state index in [0.29, 0.717) is 11.4 Å². The van der Waals surface area contributed by atoms with Crippen molar-refractivity contribution in [3.05, 3.63) is 68.3 Å². The third kappa shape index (κ3) is 4.86. The Morgan fingerprint density at radius 2 is 2.15 bits per heavy atom. The summed E-state index contributed by atoms with van der Waals surface area (Å²) in [7, 11) is 1.59. The zero-order valence-electron chi connectivity index (χ0n) is 14.2. The summed E-state index contributed by atoms with van der Waals surface area (Å²) < 4.78 is 25.2. The molecule has 1 heterocycles. The summed E-state index contributed by atoms with van der Waals surface area (Å²) in [6.45, 7) is -0.00226. The van der Waals surface area contributed by atoms with Crippen molar-refractivity contribution in [2.45, 2.75) is 13.0 Å². The lowest BCUT2D eigenvalue weighted by Crippen LogP contribution is -2.09. The van der Waals surface area contributed by atoms with Crippen molar-refractivity contribution in [1.82, 2.24) is 4.98 Å². The number of hydrogen-bond acceptors (Lipinski definition) is 5. The van der Waals surface area contributed by atoms with Gasteiger partial charge in [-0.05, 0) is 30.3 Å². The molecule has 0 unspecified atom stereocenters. The highest BCUT2D eigenvalue weighted by Crippen LogP contribution is 2.34. The molecule has 0 saturated carbocycles. The summed E-state index contributed by atoms with van der Waals surface area (Å²) in [6, 6.07) is 9.91. The number of carbonyl (C=O) groups excluding carboxylic acids is 1. The van der Waals surface area contributed by atoms with Gasteiger partial charge in [0.15, 0.2) is 0 Å². The molecule has 8 heteroatoms. The van der Waals surface area contributed by atoms with Crippen molar-refractivity contribution < 1.29 is 18.7 Å². The molecule has 2 aromatic carbocycles. The highest BCUT2D eigenvalue weighted by atomic mass is 79.9. The summed E-state index contributed by atoms with van der Waals surface area (Å²) in [5.74, 6) is -0.404.